The van der Waals surface area contributed by atoms with E-state index in [2.05, 4.69) is 15.5 Å². The molecular formula is C16H15ClN4OS. The number of rotatable bonds is 5. The Hall–Kier alpha value is -2.05. The Labute approximate surface area is 143 Å². The van der Waals surface area contributed by atoms with Gasteiger partial charge in [-0.25, -0.2) is 0 Å². The molecule has 0 fully saturated rings. The summed E-state index contributed by atoms with van der Waals surface area (Å²) >= 11 is 7.50. The van der Waals surface area contributed by atoms with Gasteiger partial charge < -0.3 is 5.32 Å². The van der Waals surface area contributed by atoms with Crippen molar-refractivity contribution in [2.24, 2.45) is 0 Å². The Morgan fingerprint density at radius 1 is 1.26 bits per heavy atom. The average molecular weight is 347 g/mol. The molecule has 1 atom stereocenters. The molecule has 3 aromatic rings. The third-order valence-electron chi connectivity index (χ3n) is 3.30. The molecule has 0 aliphatic carbocycles. The number of aromatic nitrogens is 3. The highest BCUT2D eigenvalue weighted by atomic mass is 35.5. The standard InChI is InChI=1S/C16H15ClN4OS/c1-11(16-20-19-14-8-4-5-9-21(14)16)18-15(22)10-23-13-7-3-2-6-12(13)17/h2-9,11H,10H2,1H3,(H,18,22). The molecule has 1 N–H and O–H groups in total. The molecule has 1 amide bonds. The van der Waals surface area contributed by atoms with Crippen LogP contribution < -0.4 is 5.32 Å². The van der Waals surface area contributed by atoms with Crippen molar-refractivity contribution in [1.82, 2.24) is 19.9 Å². The summed E-state index contributed by atoms with van der Waals surface area (Å²) in [6, 6.07) is 12.9. The molecule has 23 heavy (non-hydrogen) atoms. The minimum atomic E-state index is -0.230. The molecule has 2 heterocycles. The molecule has 0 aliphatic rings. The number of hydrogen-bond acceptors (Lipinski definition) is 4. The van der Waals surface area contributed by atoms with Crippen LogP contribution >= 0.6 is 23.4 Å². The second kappa shape index (κ2) is 7.02. The molecule has 7 heteroatoms. The van der Waals surface area contributed by atoms with Gasteiger partial charge in [0, 0.05) is 11.1 Å². The van der Waals surface area contributed by atoms with Crippen molar-refractivity contribution in [2.75, 3.05) is 5.75 Å². The van der Waals surface area contributed by atoms with Crippen LogP contribution in [0.3, 0.4) is 0 Å². The van der Waals surface area contributed by atoms with E-state index >= 15 is 0 Å². The van der Waals surface area contributed by atoms with E-state index in [-0.39, 0.29) is 11.9 Å². The van der Waals surface area contributed by atoms with Crippen LogP contribution in [-0.2, 0) is 4.79 Å². The van der Waals surface area contributed by atoms with E-state index in [0.29, 0.717) is 16.6 Å². The normalized spacial score (nSPS) is 12.3. The summed E-state index contributed by atoms with van der Waals surface area (Å²) in [6.07, 6.45) is 1.88. The Balaban J connectivity index is 1.62. The summed E-state index contributed by atoms with van der Waals surface area (Å²) in [5, 5.41) is 11.8. The zero-order valence-corrected chi connectivity index (χ0v) is 14.0. The number of nitrogens with zero attached hydrogens (tertiary/aromatic N) is 3. The number of fused-ring (bicyclic) bond motifs is 1. The number of benzene rings is 1. The van der Waals surface area contributed by atoms with E-state index in [9.17, 15) is 4.79 Å². The molecule has 3 rings (SSSR count). The summed E-state index contributed by atoms with van der Waals surface area (Å²) < 4.78 is 1.87. The van der Waals surface area contributed by atoms with E-state index in [0.717, 1.165) is 10.5 Å². The Morgan fingerprint density at radius 3 is 2.87 bits per heavy atom. The summed E-state index contributed by atoms with van der Waals surface area (Å²) in [6.45, 7) is 1.89. The van der Waals surface area contributed by atoms with Crippen molar-refractivity contribution in [3.63, 3.8) is 0 Å². The monoisotopic (exact) mass is 346 g/mol. The topological polar surface area (TPSA) is 59.3 Å². The summed E-state index contributed by atoms with van der Waals surface area (Å²) in [7, 11) is 0. The second-order valence-electron chi connectivity index (χ2n) is 5.00. The fraction of sp³-hybridized carbons (Fsp3) is 0.188. The smallest absolute Gasteiger partial charge is 0.230 e. The fourth-order valence-electron chi connectivity index (χ4n) is 2.21. The van der Waals surface area contributed by atoms with Gasteiger partial charge in [0.15, 0.2) is 11.5 Å². The largest absolute Gasteiger partial charge is 0.346 e. The van der Waals surface area contributed by atoms with Crippen LogP contribution in [0.2, 0.25) is 5.02 Å². The molecule has 2 aromatic heterocycles. The molecule has 0 saturated heterocycles. The van der Waals surface area contributed by atoms with Crippen molar-refractivity contribution in [3.05, 3.63) is 59.5 Å². The van der Waals surface area contributed by atoms with Crippen LogP contribution in [0.5, 0.6) is 0 Å². The number of pyridine rings is 1. The SMILES string of the molecule is CC(NC(=O)CSc1ccccc1Cl)c1nnc2ccccn12. The maximum absolute atomic E-state index is 12.1. The lowest BCUT2D eigenvalue weighted by molar-refractivity contribution is -0.119. The van der Waals surface area contributed by atoms with Crippen LogP contribution in [0, 0.1) is 0 Å². The molecule has 118 valence electrons. The zero-order chi connectivity index (χ0) is 16.2. The van der Waals surface area contributed by atoms with Gasteiger partial charge in [0.2, 0.25) is 5.91 Å². The van der Waals surface area contributed by atoms with E-state index < -0.39 is 0 Å². The Morgan fingerprint density at radius 2 is 2.04 bits per heavy atom. The Bertz CT molecular complexity index is 836. The first-order valence-electron chi connectivity index (χ1n) is 7.11. The number of thioether (sulfide) groups is 1. The lowest BCUT2D eigenvalue weighted by atomic mass is 10.3. The molecule has 0 bridgehead atoms. The second-order valence-corrected chi connectivity index (χ2v) is 6.42. The van der Waals surface area contributed by atoms with Crippen LogP contribution in [0.25, 0.3) is 5.65 Å². The first-order chi connectivity index (χ1) is 11.1. The number of halogens is 1. The summed E-state index contributed by atoms with van der Waals surface area (Å²) in [4.78, 5) is 13.0. The molecule has 0 aliphatic heterocycles. The number of carbonyl (C=O) groups is 1. The predicted molar refractivity (Wildman–Crippen MR) is 91.7 cm³/mol. The summed E-state index contributed by atoms with van der Waals surface area (Å²) in [5.41, 5.74) is 0.758. The van der Waals surface area contributed by atoms with E-state index in [1.807, 2.05) is 60.0 Å². The molecule has 0 radical (unpaired) electrons. The van der Waals surface area contributed by atoms with Gasteiger partial charge in [-0.1, -0.05) is 29.8 Å². The predicted octanol–water partition coefficient (Wildman–Crippen LogP) is 3.35. The van der Waals surface area contributed by atoms with Crippen LogP contribution in [0.1, 0.15) is 18.8 Å². The molecule has 0 spiro atoms. The van der Waals surface area contributed by atoms with Crippen LogP contribution in [0.4, 0.5) is 0 Å². The third kappa shape index (κ3) is 3.65. The summed E-state index contributed by atoms with van der Waals surface area (Å²) in [5.74, 6) is 0.928. The van der Waals surface area contributed by atoms with Crippen molar-refractivity contribution in [2.45, 2.75) is 17.9 Å². The third-order valence-corrected chi connectivity index (χ3v) is 4.82. The lowest BCUT2D eigenvalue weighted by Gasteiger charge is -2.12. The van der Waals surface area contributed by atoms with Gasteiger partial charge in [0.1, 0.15) is 0 Å². The number of carbonyl (C=O) groups excluding carboxylic acids is 1. The van der Waals surface area contributed by atoms with Gasteiger partial charge in [-0.2, -0.15) is 0 Å². The van der Waals surface area contributed by atoms with Gasteiger partial charge in [0.05, 0.1) is 16.8 Å². The van der Waals surface area contributed by atoms with Gasteiger partial charge >= 0.3 is 0 Å². The minimum Gasteiger partial charge on any atom is -0.346 e. The highest BCUT2D eigenvalue weighted by Gasteiger charge is 2.15. The Kier molecular flexibility index (Phi) is 4.83. The van der Waals surface area contributed by atoms with Gasteiger partial charge in [0.25, 0.3) is 0 Å². The fourth-order valence-corrected chi connectivity index (χ4v) is 3.26. The van der Waals surface area contributed by atoms with Gasteiger partial charge in [-0.15, -0.1) is 22.0 Å². The van der Waals surface area contributed by atoms with Gasteiger partial charge in [-0.05, 0) is 31.2 Å². The number of hydrogen-bond donors (Lipinski definition) is 1. The number of nitrogens with one attached hydrogen (secondary N) is 1. The van der Waals surface area contributed by atoms with Crippen molar-refractivity contribution in [3.8, 4) is 0 Å². The highest BCUT2D eigenvalue weighted by Crippen LogP contribution is 2.26. The zero-order valence-electron chi connectivity index (χ0n) is 12.4. The quantitative estimate of drug-likeness (QED) is 0.720. The van der Waals surface area contributed by atoms with Crippen molar-refractivity contribution in [1.29, 1.82) is 0 Å². The van der Waals surface area contributed by atoms with Crippen molar-refractivity contribution >= 4 is 34.9 Å². The first-order valence-corrected chi connectivity index (χ1v) is 8.48. The molecule has 5 nitrogen and oxygen atoms in total. The van der Waals surface area contributed by atoms with E-state index in [1.165, 1.54) is 11.8 Å². The maximum Gasteiger partial charge on any atom is 0.230 e. The maximum atomic E-state index is 12.1. The first kappa shape index (κ1) is 15.8. The van der Waals surface area contributed by atoms with Crippen LogP contribution in [-0.4, -0.2) is 26.3 Å². The van der Waals surface area contributed by atoms with E-state index in [1.54, 1.807) is 0 Å². The van der Waals surface area contributed by atoms with Crippen LogP contribution in [0.15, 0.2) is 53.6 Å². The highest BCUT2D eigenvalue weighted by molar-refractivity contribution is 8.00. The van der Waals surface area contributed by atoms with E-state index in [4.69, 9.17) is 11.6 Å². The van der Waals surface area contributed by atoms with Gasteiger partial charge in [-0.3, -0.25) is 9.20 Å². The molecule has 0 saturated carbocycles. The average Bonchev–Trinajstić information content (AvgIpc) is 2.98. The molecule has 1 unspecified atom stereocenters. The van der Waals surface area contributed by atoms with Crippen molar-refractivity contribution < 1.29 is 4.79 Å². The molecular weight excluding hydrogens is 332 g/mol. The minimum absolute atomic E-state index is 0.0740. The lowest BCUT2D eigenvalue weighted by Crippen LogP contribution is -2.29. The molecule has 1 aromatic carbocycles. The number of amides is 1.